The van der Waals surface area contributed by atoms with Crippen LogP contribution in [0.5, 0.6) is 0 Å². The molecule has 0 aliphatic carbocycles. The second kappa shape index (κ2) is 11.6. The Kier molecular flexibility index (Phi) is 10.2. The number of ether oxygens (including phenoxy) is 2. The van der Waals surface area contributed by atoms with Gasteiger partial charge in [-0.25, -0.2) is 0 Å². The maximum Gasteiger partial charge on any atom is 0.181 e. The zero-order valence-corrected chi connectivity index (χ0v) is 26.6. The Morgan fingerprint density at radius 2 is 1.03 bits per heavy atom. The van der Waals surface area contributed by atoms with E-state index in [0.717, 1.165) is 8.95 Å². The van der Waals surface area contributed by atoms with Crippen LogP contribution in [0, 0.1) is 0 Å². The molecule has 0 spiro atoms. The highest BCUT2D eigenvalue weighted by atomic mass is 79.9. The second-order valence-electron chi connectivity index (χ2n) is 11.1. The normalized spacial score (nSPS) is 13.4. The third kappa shape index (κ3) is 8.41. The Hall–Kier alpha value is -0.286. The van der Waals surface area contributed by atoms with Crippen molar-refractivity contribution in [3.8, 4) is 0 Å². The first-order valence-electron chi connectivity index (χ1n) is 11.5. The van der Waals surface area contributed by atoms with Gasteiger partial charge in [0.05, 0.1) is 26.4 Å². The van der Waals surface area contributed by atoms with Crippen LogP contribution in [-0.2, 0) is 26.8 Å². The van der Waals surface area contributed by atoms with E-state index in [0.29, 0.717) is 26.4 Å². The van der Waals surface area contributed by atoms with Crippen LogP contribution >= 0.6 is 31.9 Å². The van der Waals surface area contributed by atoms with E-state index < -0.39 is 16.6 Å². The van der Waals surface area contributed by atoms with Crippen molar-refractivity contribution in [1.29, 1.82) is 0 Å². The summed E-state index contributed by atoms with van der Waals surface area (Å²) in [5, 5.41) is -0.0347. The van der Waals surface area contributed by atoms with Crippen LogP contribution in [0.1, 0.15) is 38.8 Å². The van der Waals surface area contributed by atoms with Crippen molar-refractivity contribution >= 4 is 48.5 Å². The molecular formula is C26H40Br2O3Si2. The zero-order chi connectivity index (χ0) is 24.9. The van der Waals surface area contributed by atoms with Crippen LogP contribution in [-0.4, -0.2) is 29.8 Å². The molecule has 0 saturated heterocycles. The molecule has 0 bridgehead atoms. The van der Waals surface area contributed by atoms with Gasteiger partial charge in [0.25, 0.3) is 0 Å². The van der Waals surface area contributed by atoms with Gasteiger partial charge in [-0.2, -0.15) is 0 Å². The van der Waals surface area contributed by atoms with Gasteiger partial charge >= 0.3 is 0 Å². The first kappa shape index (κ1) is 28.9. The minimum Gasteiger partial charge on any atom is -0.455 e. The number of rotatable bonds is 12. The fraction of sp³-hybridized carbons (Fsp3) is 0.538. The molecule has 0 unspecified atom stereocenters. The Bertz CT molecular complexity index is 840. The average Bonchev–Trinajstić information content (AvgIpc) is 2.67. The second-order valence-corrected chi connectivity index (χ2v) is 22.5. The molecule has 2 aromatic rings. The molecule has 184 valence electrons. The van der Waals surface area contributed by atoms with Gasteiger partial charge in [0.2, 0.25) is 0 Å². The molecular weight excluding hydrogens is 576 g/mol. The largest absolute Gasteiger partial charge is 0.455 e. The van der Waals surface area contributed by atoms with Gasteiger partial charge in [0.1, 0.15) is 0 Å². The summed E-state index contributed by atoms with van der Waals surface area (Å²) < 4.78 is 21.6. The summed E-state index contributed by atoms with van der Waals surface area (Å²) in [7, 11) is -4.14. The van der Waals surface area contributed by atoms with E-state index in [9.17, 15) is 0 Å². The van der Waals surface area contributed by atoms with Crippen molar-refractivity contribution < 1.29 is 13.6 Å². The van der Waals surface area contributed by atoms with Crippen LogP contribution < -0.4 is 0 Å². The molecule has 0 atom stereocenters. The van der Waals surface area contributed by atoms with Gasteiger partial charge in [0.15, 0.2) is 16.6 Å². The standard InChI is InChI=1S/C26H40Br2O3Si2/c1-25(2,19-29-17-21-11-9-13-23(27)15-21)32(5,6)31-33(7,8)26(3,4)20-30-18-22-12-10-14-24(28)16-22/h9-16H,17-20H2,1-8H3. The van der Waals surface area contributed by atoms with Crippen molar-refractivity contribution in [2.45, 2.75) is 77.2 Å². The Morgan fingerprint density at radius 1 is 0.667 bits per heavy atom. The van der Waals surface area contributed by atoms with E-state index in [4.69, 9.17) is 13.6 Å². The summed E-state index contributed by atoms with van der Waals surface area (Å²) in [5.41, 5.74) is 2.36. The van der Waals surface area contributed by atoms with E-state index in [-0.39, 0.29) is 10.1 Å². The topological polar surface area (TPSA) is 27.7 Å². The quantitative estimate of drug-likeness (QED) is 0.223. The highest BCUT2D eigenvalue weighted by Crippen LogP contribution is 2.45. The summed E-state index contributed by atoms with van der Waals surface area (Å²) in [6, 6.07) is 16.6. The van der Waals surface area contributed by atoms with Crippen molar-refractivity contribution in [3.63, 3.8) is 0 Å². The third-order valence-corrected chi connectivity index (χ3v) is 18.9. The van der Waals surface area contributed by atoms with E-state index >= 15 is 0 Å². The van der Waals surface area contributed by atoms with Gasteiger partial charge < -0.3 is 13.6 Å². The Labute approximate surface area is 220 Å². The van der Waals surface area contributed by atoms with Crippen LogP contribution in [0.2, 0.25) is 36.3 Å². The molecule has 0 amide bonds. The number of halogens is 2. The van der Waals surface area contributed by atoms with Crippen molar-refractivity contribution in [1.82, 2.24) is 0 Å². The first-order valence-corrected chi connectivity index (χ1v) is 18.9. The van der Waals surface area contributed by atoms with Gasteiger partial charge in [-0.3, -0.25) is 0 Å². The molecule has 0 saturated carbocycles. The SMILES string of the molecule is CC(C)(COCc1cccc(Br)c1)[Si](C)(C)O[Si](C)(C)C(C)(C)COCc1cccc(Br)c1. The van der Waals surface area contributed by atoms with Gasteiger partial charge in [-0.1, -0.05) is 83.8 Å². The van der Waals surface area contributed by atoms with Gasteiger partial charge in [-0.05, 0) is 61.6 Å². The molecule has 0 radical (unpaired) electrons. The highest BCUT2D eigenvalue weighted by molar-refractivity contribution is 9.10. The fourth-order valence-corrected chi connectivity index (χ4v) is 12.5. The minimum atomic E-state index is -2.07. The summed E-state index contributed by atoms with van der Waals surface area (Å²) in [5.74, 6) is 0. The molecule has 0 fully saturated rings. The van der Waals surface area contributed by atoms with Crippen molar-refractivity contribution in [2.24, 2.45) is 0 Å². The third-order valence-electron chi connectivity index (χ3n) is 7.01. The van der Waals surface area contributed by atoms with E-state index in [1.165, 1.54) is 11.1 Å². The lowest BCUT2D eigenvalue weighted by atomic mass is 10.2. The maximum absolute atomic E-state index is 7.10. The molecule has 7 heteroatoms. The minimum absolute atomic E-state index is 0.0173. The molecule has 3 nitrogen and oxygen atoms in total. The van der Waals surface area contributed by atoms with Crippen LogP contribution in [0.4, 0.5) is 0 Å². The highest BCUT2D eigenvalue weighted by Gasteiger charge is 2.50. The predicted octanol–water partition coefficient (Wildman–Crippen LogP) is 8.93. The molecule has 0 aliphatic heterocycles. The zero-order valence-electron chi connectivity index (χ0n) is 21.4. The molecule has 2 rings (SSSR count). The van der Waals surface area contributed by atoms with Crippen LogP contribution in [0.25, 0.3) is 0 Å². The molecule has 0 aromatic heterocycles. The molecule has 2 aromatic carbocycles. The lowest BCUT2D eigenvalue weighted by Crippen LogP contribution is -2.56. The number of benzene rings is 2. The monoisotopic (exact) mass is 614 g/mol. The molecule has 0 N–H and O–H groups in total. The van der Waals surface area contributed by atoms with Crippen LogP contribution in [0.15, 0.2) is 57.5 Å². The van der Waals surface area contributed by atoms with E-state index in [1.54, 1.807) is 0 Å². The molecule has 33 heavy (non-hydrogen) atoms. The maximum atomic E-state index is 7.10. The summed E-state index contributed by atoms with van der Waals surface area (Å²) in [4.78, 5) is 0. The fourth-order valence-electron chi connectivity index (χ4n) is 3.36. The first-order chi connectivity index (χ1) is 15.2. The lowest BCUT2D eigenvalue weighted by molar-refractivity contribution is 0.0910. The van der Waals surface area contributed by atoms with Gasteiger partial charge in [-0.15, -0.1) is 0 Å². The summed E-state index contributed by atoms with van der Waals surface area (Å²) in [6.07, 6.45) is 0. The van der Waals surface area contributed by atoms with Crippen LogP contribution in [0.3, 0.4) is 0 Å². The lowest BCUT2D eigenvalue weighted by Gasteiger charge is -2.49. The van der Waals surface area contributed by atoms with Crippen molar-refractivity contribution in [2.75, 3.05) is 13.2 Å². The predicted molar refractivity (Wildman–Crippen MR) is 152 cm³/mol. The molecule has 0 heterocycles. The summed E-state index contributed by atoms with van der Waals surface area (Å²) in [6.45, 7) is 21.1. The Balaban J connectivity index is 1.95. The number of hydrogen-bond acceptors (Lipinski definition) is 3. The van der Waals surface area contributed by atoms with E-state index in [1.807, 2.05) is 24.3 Å². The van der Waals surface area contributed by atoms with E-state index in [2.05, 4.69) is 110 Å². The number of hydrogen-bond donors (Lipinski definition) is 0. The smallest absolute Gasteiger partial charge is 0.181 e. The van der Waals surface area contributed by atoms with Gasteiger partial charge in [0, 0.05) is 19.0 Å². The Morgan fingerprint density at radius 3 is 1.36 bits per heavy atom. The molecule has 0 aliphatic rings. The summed E-state index contributed by atoms with van der Waals surface area (Å²) >= 11 is 7.07. The average molecular weight is 617 g/mol. The van der Waals surface area contributed by atoms with Crippen molar-refractivity contribution in [3.05, 3.63) is 68.6 Å².